The van der Waals surface area contributed by atoms with Gasteiger partial charge >= 0.3 is 5.97 Å². The number of hydrogen-bond acceptors (Lipinski definition) is 11. The number of aliphatic imine (C=N–C) groups is 2. The Kier molecular flexibility index (Phi) is 11.2. The molecule has 3 rings (SSSR count). The van der Waals surface area contributed by atoms with E-state index in [0.29, 0.717) is 0 Å². The maximum atomic E-state index is 12.5. The molecule has 12 heteroatoms. The van der Waals surface area contributed by atoms with Crippen LogP contribution in [0.4, 0.5) is 0 Å². The van der Waals surface area contributed by atoms with Crippen molar-refractivity contribution in [3.8, 4) is 0 Å². The SMILES string of the molecule is CN.CN=C=NC.CNC(=O)C1C(C(=O)OCCOC)C2O[C@@H]1[C@H]1OC(C)(OC)OC21. The third-order valence-corrected chi connectivity index (χ3v) is 5.00. The fourth-order valence-corrected chi connectivity index (χ4v) is 3.77. The Balaban J connectivity index is 0.000000605. The topological polar surface area (TPSA) is 152 Å². The maximum absolute atomic E-state index is 12.5. The van der Waals surface area contributed by atoms with Crippen LogP contribution in [0.15, 0.2) is 9.98 Å². The number of carbonyl (C=O) groups excluding carboxylic acids is 2. The second-order valence-corrected chi connectivity index (χ2v) is 6.67. The fraction of sp³-hybridized carbons (Fsp3) is 0.842. The van der Waals surface area contributed by atoms with E-state index in [1.54, 1.807) is 21.0 Å². The number of nitrogens with two attached hydrogens (primary N) is 1. The molecule has 178 valence electrons. The molecule has 2 bridgehead atoms. The molecule has 0 aromatic rings. The molecule has 3 saturated heterocycles. The highest BCUT2D eigenvalue weighted by molar-refractivity contribution is 5.87. The summed E-state index contributed by atoms with van der Waals surface area (Å²) in [6.45, 7) is 2.04. The van der Waals surface area contributed by atoms with Crippen LogP contribution in [-0.2, 0) is 38.0 Å². The van der Waals surface area contributed by atoms with E-state index < -0.39 is 48.2 Å². The Hall–Kier alpha value is -1.92. The molecule has 3 fully saturated rings. The van der Waals surface area contributed by atoms with Gasteiger partial charge in [0.05, 0.1) is 30.6 Å². The number of rotatable bonds is 6. The lowest BCUT2D eigenvalue weighted by molar-refractivity contribution is -0.330. The lowest BCUT2D eigenvalue weighted by Gasteiger charge is -2.30. The van der Waals surface area contributed by atoms with Crippen LogP contribution in [0.5, 0.6) is 0 Å². The number of methoxy groups -OCH3 is 2. The van der Waals surface area contributed by atoms with Crippen LogP contribution in [-0.4, -0.2) is 104 Å². The van der Waals surface area contributed by atoms with E-state index in [-0.39, 0.29) is 19.1 Å². The minimum absolute atomic E-state index is 0.116. The monoisotopic (exact) mass is 446 g/mol. The van der Waals surface area contributed by atoms with Gasteiger partial charge in [0, 0.05) is 42.3 Å². The summed E-state index contributed by atoms with van der Waals surface area (Å²) in [6.07, 6.45) is -2.16. The minimum Gasteiger partial charge on any atom is -0.463 e. The van der Waals surface area contributed by atoms with E-state index in [0.717, 1.165) is 0 Å². The summed E-state index contributed by atoms with van der Waals surface area (Å²) >= 11 is 0. The molecular formula is C19H34N4O8. The molecule has 7 atom stereocenters. The zero-order valence-electron chi connectivity index (χ0n) is 19.1. The number of carbonyl (C=O) groups is 2. The first-order valence-electron chi connectivity index (χ1n) is 9.81. The van der Waals surface area contributed by atoms with Crippen molar-refractivity contribution in [1.29, 1.82) is 0 Å². The zero-order valence-corrected chi connectivity index (χ0v) is 19.1. The van der Waals surface area contributed by atoms with Crippen molar-refractivity contribution < 1.29 is 38.0 Å². The molecule has 3 aliphatic heterocycles. The predicted octanol–water partition coefficient (Wildman–Crippen LogP) is -0.966. The van der Waals surface area contributed by atoms with Gasteiger partial charge in [-0.05, 0) is 7.05 Å². The molecule has 3 heterocycles. The number of nitrogens with one attached hydrogen (secondary N) is 1. The lowest BCUT2D eigenvalue weighted by Crippen LogP contribution is -2.53. The quantitative estimate of drug-likeness (QED) is 0.298. The molecule has 31 heavy (non-hydrogen) atoms. The molecule has 12 nitrogen and oxygen atoms in total. The summed E-state index contributed by atoms with van der Waals surface area (Å²) in [5.74, 6) is -3.45. The molecule has 0 spiro atoms. The summed E-state index contributed by atoms with van der Waals surface area (Å²) in [5, 5.41) is 2.58. The first-order valence-corrected chi connectivity index (χ1v) is 9.81. The van der Waals surface area contributed by atoms with Crippen molar-refractivity contribution in [3.05, 3.63) is 0 Å². The van der Waals surface area contributed by atoms with Gasteiger partial charge in [0.2, 0.25) is 5.91 Å². The Morgan fingerprint density at radius 1 is 1.03 bits per heavy atom. The number of amides is 1. The lowest BCUT2D eigenvalue weighted by atomic mass is 9.76. The first-order chi connectivity index (χ1) is 14.9. The van der Waals surface area contributed by atoms with Gasteiger partial charge in [-0.25, -0.2) is 9.98 Å². The van der Waals surface area contributed by atoms with Gasteiger partial charge in [-0.15, -0.1) is 0 Å². The summed E-state index contributed by atoms with van der Waals surface area (Å²) in [7, 11) is 9.27. The highest BCUT2D eigenvalue weighted by Gasteiger charge is 2.70. The van der Waals surface area contributed by atoms with Gasteiger partial charge in [-0.3, -0.25) is 9.59 Å². The molecule has 0 radical (unpaired) electrons. The van der Waals surface area contributed by atoms with Crippen molar-refractivity contribution in [2.45, 2.75) is 37.3 Å². The summed E-state index contributed by atoms with van der Waals surface area (Å²) in [4.78, 5) is 31.7. The second kappa shape index (κ2) is 12.8. The van der Waals surface area contributed by atoms with Gasteiger partial charge in [-0.2, -0.15) is 0 Å². The molecule has 3 aliphatic rings. The van der Waals surface area contributed by atoms with Crippen molar-refractivity contribution in [1.82, 2.24) is 5.32 Å². The van der Waals surface area contributed by atoms with Crippen LogP contribution in [0.25, 0.3) is 0 Å². The van der Waals surface area contributed by atoms with Crippen molar-refractivity contribution in [2.24, 2.45) is 27.6 Å². The van der Waals surface area contributed by atoms with E-state index >= 15 is 0 Å². The molecule has 1 amide bonds. The largest absolute Gasteiger partial charge is 0.463 e. The van der Waals surface area contributed by atoms with Crippen molar-refractivity contribution >= 4 is 17.9 Å². The smallest absolute Gasteiger partial charge is 0.312 e. The van der Waals surface area contributed by atoms with Crippen LogP contribution in [0.3, 0.4) is 0 Å². The normalized spacial score (nSPS) is 34.2. The summed E-state index contributed by atoms with van der Waals surface area (Å²) in [6, 6.07) is 2.36. The Bertz CT molecular complexity index is 651. The molecule has 0 aliphatic carbocycles. The van der Waals surface area contributed by atoms with E-state index in [9.17, 15) is 9.59 Å². The van der Waals surface area contributed by atoms with Gasteiger partial charge in [0.1, 0.15) is 24.9 Å². The summed E-state index contributed by atoms with van der Waals surface area (Å²) < 4.78 is 32.7. The molecular weight excluding hydrogens is 412 g/mol. The third-order valence-electron chi connectivity index (χ3n) is 5.00. The first kappa shape index (κ1) is 27.1. The average Bonchev–Trinajstić information content (AvgIpc) is 3.44. The highest BCUT2D eigenvalue weighted by atomic mass is 16.9. The van der Waals surface area contributed by atoms with Gasteiger partial charge in [-0.1, -0.05) is 0 Å². The molecule has 5 unspecified atom stereocenters. The molecule has 0 aromatic carbocycles. The molecule has 0 saturated carbocycles. The standard InChI is InChI=1S/C15H23NO8.C3H6N2.CH5N/c1-15(20-4)23-11-9-7(13(17)16-2)8(10(22-9)12(11)24-15)14(18)21-6-5-19-3;1-4-3-5-2;1-2/h7-12H,5-6H2,1-4H3,(H,16,17);1-2H3;2H2,1H3/t7?,8?,9-,10?,11+,12?,15?;;/m0../s1. The van der Waals surface area contributed by atoms with E-state index in [1.807, 2.05) is 0 Å². The van der Waals surface area contributed by atoms with E-state index in [4.69, 9.17) is 28.4 Å². The van der Waals surface area contributed by atoms with E-state index in [2.05, 4.69) is 27.0 Å². The van der Waals surface area contributed by atoms with Crippen LogP contribution in [0.1, 0.15) is 6.92 Å². The van der Waals surface area contributed by atoms with E-state index in [1.165, 1.54) is 28.3 Å². The van der Waals surface area contributed by atoms with Crippen molar-refractivity contribution in [3.63, 3.8) is 0 Å². The number of nitrogens with zero attached hydrogens (tertiary/aromatic N) is 2. The van der Waals surface area contributed by atoms with Crippen LogP contribution in [0, 0.1) is 11.8 Å². The number of hydrogen-bond donors (Lipinski definition) is 2. The Morgan fingerprint density at radius 3 is 2.00 bits per heavy atom. The van der Waals surface area contributed by atoms with Gasteiger partial charge in [0.25, 0.3) is 5.97 Å². The molecule has 0 aromatic heterocycles. The predicted molar refractivity (Wildman–Crippen MR) is 110 cm³/mol. The summed E-state index contributed by atoms with van der Waals surface area (Å²) in [5.41, 5.74) is 4.50. The van der Waals surface area contributed by atoms with Crippen LogP contribution in [0.2, 0.25) is 0 Å². The highest BCUT2D eigenvalue weighted by Crippen LogP contribution is 2.51. The van der Waals surface area contributed by atoms with Crippen molar-refractivity contribution in [2.75, 3.05) is 55.6 Å². The number of ether oxygens (including phenoxy) is 6. The molecule has 3 N–H and O–H groups in total. The third kappa shape index (κ3) is 6.07. The Labute approximate surface area is 182 Å². The van der Waals surface area contributed by atoms with Crippen LogP contribution < -0.4 is 11.1 Å². The minimum atomic E-state index is -1.21. The maximum Gasteiger partial charge on any atom is 0.312 e. The van der Waals surface area contributed by atoms with Gasteiger partial charge in [0.15, 0.2) is 0 Å². The van der Waals surface area contributed by atoms with Crippen LogP contribution >= 0.6 is 0 Å². The number of fused-ring (bicyclic) bond motifs is 5. The van der Waals surface area contributed by atoms with Gasteiger partial charge < -0.3 is 39.5 Å². The number of esters is 1. The second-order valence-electron chi connectivity index (χ2n) is 6.67. The fourth-order valence-electron chi connectivity index (χ4n) is 3.77. The Morgan fingerprint density at radius 2 is 1.58 bits per heavy atom. The zero-order chi connectivity index (χ0) is 23.6. The average molecular weight is 447 g/mol.